The van der Waals surface area contributed by atoms with Gasteiger partial charge in [-0.1, -0.05) is 19.1 Å². The third kappa shape index (κ3) is 2.49. The van der Waals surface area contributed by atoms with Gasteiger partial charge in [0.1, 0.15) is 0 Å². The number of hydrogen-bond acceptors (Lipinski definition) is 3. The number of benzene rings is 1. The van der Waals surface area contributed by atoms with E-state index < -0.39 is 0 Å². The van der Waals surface area contributed by atoms with Crippen molar-refractivity contribution in [3.8, 4) is 6.07 Å². The standard InChI is InChI=1S/C14H19N3/c1-3-17(14-9-16-10-14)11(2)13-6-4-12(8-15)5-7-13/h4-7,11,14,16H,3,9-10H2,1-2H3. The number of nitrogens with one attached hydrogen (secondary N) is 1. The number of rotatable bonds is 4. The lowest BCUT2D eigenvalue weighted by Crippen LogP contribution is -2.57. The molecule has 0 saturated carbocycles. The highest BCUT2D eigenvalue weighted by molar-refractivity contribution is 5.32. The minimum Gasteiger partial charge on any atom is -0.314 e. The first-order valence-electron chi connectivity index (χ1n) is 6.22. The van der Waals surface area contributed by atoms with Gasteiger partial charge in [-0.15, -0.1) is 0 Å². The van der Waals surface area contributed by atoms with E-state index in [-0.39, 0.29) is 0 Å². The van der Waals surface area contributed by atoms with Gasteiger partial charge in [0.2, 0.25) is 0 Å². The first-order valence-corrected chi connectivity index (χ1v) is 6.22. The van der Waals surface area contributed by atoms with Gasteiger partial charge in [-0.2, -0.15) is 5.26 Å². The summed E-state index contributed by atoms with van der Waals surface area (Å²) in [6.45, 7) is 7.69. The van der Waals surface area contributed by atoms with Gasteiger partial charge in [0, 0.05) is 25.2 Å². The monoisotopic (exact) mass is 229 g/mol. The van der Waals surface area contributed by atoms with Gasteiger partial charge in [-0.25, -0.2) is 0 Å². The first-order chi connectivity index (χ1) is 8.26. The second-order valence-electron chi connectivity index (χ2n) is 4.55. The van der Waals surface area contributed by atoms with Crippen molar-refractivity contribution in [3.05, 3.63) is 35.4 Å². The third-order valence-corrected chi connectivity index (χ3v) is 3.61. The van der Waals surface area contributed by atoms with Crippen molar-refractivity contribution in [2.24, 2.45) is 0 Å². The highest BCUT2D eigenvalue weighted by Gasteiger charge is 2.27. The molecule has 0 aliphatic carbocycles. The van der Waals surface area contributed by atoms with Crippen molar-refractivity contribution in [2.45, 2.75) is 25.9 Å². The zero-order chi connectivity index (χ0) is 12.3. The molecule has 3 nitrogen and oxygen atoms in total. The molecule has 90 valence electrons. The van der Waals surface area contributed by atoms with E-state index in [4.69, 9.17) is 5.26 Å². The van der Waals surface area contributed by atoms with Crippen molar-refractivity contribution in [1.29, 1.82) is 5.26 Å². The van der Waals surface area contributed by atoms with E-state index in [0.717, 1.165) is 25.2 Å². The molecule has 1 fully saturated rings. The summed E-state index contributed by atoms with van der Waals surface area (Å²) in [7, 11) is 0. The molecule has 1 saturated heterocycles. The van der Waals surface area contributed by atoms with Crippen molar-refractivity contribution in [2.75, 3.05) is 19.6 Å². The van der Waals surface area contributed by atoms with Crippen LogP contribution >= 0.6 is 0 Å². The van der Waals surface area contributed by atoms with Crippen LogP contribution in [0, 0.1) is 11.3 Å². The highest BCUT2D eigenvalue weighted by Crippen LogP contribution is 2.23. The number of nitriles is 1. The van der Waals surface area contributed by atoms with Crippen LogP contribution in [0.15, 0.2) is 24.3 Å². The number of nitrogens with zero attached hydrogens (tertiary/aromatic N) is 2. The molecule has 1 N–H and O–H groups in total. The van der Waals surface area contributed by atoms with Crippen molar-refractivity contribution < 1.29 is 0 Å². The quantitative estimate of drug-likeness (QED) is 0.857. The molecular weight excluding hydrogens is 210 g/mol. The van der Waals surface area contributed by atoms with Crippen LogP contribution in [-0.4, -0.2) is 30.6 Å². The zero-order valence-electron chi connectivity index (χ0n) is 10.5. The van der Waals surface area contributed by atoms with Gasteiger partial charge in [0.25, 0.3) is 0 Å². The van der Waals surface area contributed by atoms with E-state index in [2.05, 4.69) is 42.3 Å². The smallest absolute Gasteiger partial charge is 0.0991 e. The normalized spacial score (nSPS) is 17.5. The summed E-state index contributed by atoms with van der Waals surface area (Å²) >= 11 is 0. The summed E-state index contributed by atoms with van der Waals surface area (Å²) in [6, 6.07) is 11.2. The zero-order valence-corrected chi connectivity index (χ0v) is 10.5. The Labute approximate surface area is 103 Å². The molecule has 17 heavy (non-hydrogen) atoms. The predicted molar refractivity (Wildman–Crippen MR) is 68.6 cm³/mol. The molecule has 2 rings (SSSR count). The highest BCUT2D eigenvalue weighted by atomic mass is 15.2. The summed E-state index contributed by atoms with van der Waals surface area (Å²) in [5.41, 5.74) is 2.02. The van der Waals surface area contributed by atoms with Crippen LogP contribution in [-0.2, 0) is 0 Å². The molecule has 1 aromatic rings. The van der Waals surface area contributed by atoms with Crippen LogP contribution < -0.4 is 5.32 Å². The summed E-state index contributed by atoms with van der Waals surface area (Å²) in [5, 5.41) is 12.1. The lowest BCUT2D eigenvalue weighted by Gasteiger charge is -2.41. The summed E-state index contributed by atoms with van der Waals surface area (Å²) in [5.74, 6) is 0. The fraction of sp³-hybridized carbons (Fsp3) is 0.500. The average Bonchev–Trinajstić information content (AvgIpc) is 2.32. The fourth-order valence-corrected chi connectivity index (χ4v) is 2.38. The average molecular weight is 229 g/mol. The van der Waals surface area contributed by atoms with Gasteiger partial charge in [-0.3, -0.25) is 4.90 Å². The van der Waals surface area contributed by atoms with Crippen LogP contribution in [0.4, 0.5) is 0 Å². The van der Waals surface area contributed by atoms with Crippen molar-refractivity contribution in [3.63, 3.8) is 0 Å². The van der Waals surface area contributed by atoms with Crippen LogP contribution in [0.3, 0.4) is 0 Å². The largest absolute Gasteiger partial charge is 0.314 e. The molecule has 1 unspecified atom stereocenters. The third-order valence-electron chi connectivity index (χ3n) is 3.61. The molecule has 1 aromatic carbocycles. The Bertz CT molecular complexity index is 400. The van der Waals surface area contributed by atoms with Crippen LogP contribution in [0.1, 0.15) is 31.0 Å². The molecule has 0 bridgehead atoms. The Kier molecular flexibility index (Phi) is 3.78. The van der Waals surface area contributed by atoms with E-state index in [1.54, 1.807) is 0 Å². The maximum Gasteiger partial charge on any atom is 0.0991 e. The lowest BCUT2D eigenvalue weighted by molar-refractivity contribution is 0.110. The van der Waals surface area contributed by atoms with Crippen LogP contribution in [0.2, 0.25) is 0 Å². The van der Waals surface area contributed by atoms with E-state index >= 15 is 0 Å². The van der Waals surface area contributed by atoms with E-state index in [0.29, 0.717) is 12.1 Å². The molecule has 3 heteroatoms. The lowest BCUT2D eigenvalue weighted by atomic mass is 10.0. The molecule has 0 spiro atoms. The van der Waals surface area contributed by atoms with Gasteiger partial charge < -0.3 is 5.32 Å². The van der Waals surface area contributed by atoms with Gasteiger partial charge >= 0.3 is 0 Å². The SMILES string of the molecule is CCN(C1CNC1)C(C)c1ccc(C#N)cc1. The summed E-state index contributed by atoms with van der Waals surface area (Å²) in [6.07, 6.45) is 0. The Balaban J connectivity index is 2.11. The van der Waals surface area contributed by atoms with Crippen molar-refractivity contribution >= 4 is 0 Å². The van der Waals surface area contributed by atoms with Crippen LogP contribution in [0.5, 0.6) is 0 Å². The summed E-state index contributed by atoms with van der Waals surface area (Å²) in [4.78, 5) is 2.51. The van der Waals surface area contributed by atoms with Crippen molar-refractivity contribution in [1.82, 2.24) is 10.2 Å². The Morgan fingerprint density at radius 1 is 1.41 bits per heavy atom. The second-order valence-corrected chi connectivity index (χ2v) is 4.55. The van der Waals surface area contributed by atoms with Gasteiger partial charge in [-0.05, 0) is 31.2 Å². The van der Waals surface area contributed by atoms with Gasteiger partial charge in [0.15, 0.2) is 0 Å². The molecule has 1 atom stereocenters. The topological polar surface area (TPSA) is 39.1 Å². The van der Waals surface area contributed by atoms with Crippen LogP contribution in [0.25, 0.3) is 0 Å². The number of hydrogen-bond donors (Lipinski definition) is 1. The molecule has 0 aromatic heterocycles. The minimum absolute atomic E-state index is 0.417. The Hall–Kier alpha value is -1.37. The predicted octanol–water partition coefficient (Wildman–Crippen LogP) is 1.91. The molecular formula is C14H19N3. The minimum atomic E-state index is 0.417. The van der Waals surface area contributed by atoms with E-state index in [1.807, 2.05) is 12.1 Å². The number of likely N-dealkylation sites (N-methyl/N-ethyl adjacent to an activating group) is 1. The fourth-order valence-electron chi connectivity index (χ4n) is 2.38. The molecule has 1 aliphatic heterocycles. The Morgan fingerprint density at radius 3 is 2.47 bits per heavy atom. The molecule has 1 heterocycles. The first kappa shape index (κ1) is 12.1. The maximum atomic E-state index is 8.79. The van der Waals surface area contributed by atoms with E-state index in [1.165, 1.54) is 5.56 Å². The molecule has 0 amide bonds. The molecule has 0 radical (unpaired) electrons. The maximum absolute atomic E-state index is 8.79. The van der Waals surface area contributed by atoms with E-state index in [9.17, 15) is 0 Å². The summed E-state index contributed by atoms with van der Waals surface area (Å²) < 4.78 is 0. The molecule has 1 aliphatic rings. The van der Waals surface area contributed by atoms with Gasteiger partial charge in [0.05, 0.1) is 11.6 Å². The second kappa shape index (κ2) is 5.31. The Morgan fingerprint density at radius 2 is 2.06 bits per heavy atom.